The molecule has 0 fully saturated rings. The third-order valence-corrected chi connectivity index (χ3v) is 2.92. The highest BCUT2D eigenvalue weighted by Gasteiger charge is 2.11. The Morgan fingerprint density at radius 3 is 2.70 bits per heavy atom. The first-order chi connectivity index (χ1) is 11.1. The van der Waals surface area contributed by atoms with Crippen molar-refractivity contribution in [2.24, 2.45) is 0 Å². The summed E-state index contributed by atoms with van der Waals surface area (Å²) in [5.74, 6) is -0.585. The standard InChI is InChI=1S/C17H14N2O4/c1-22-15-7-3-5-13(9-15)17(21)23-11-16(20)19-14-6-2-4-12(8-14)10-18/h2-9H,11H2,1H3,(H,19,20). The van der Waals surface area contributed by atoms with Gasteiger partial charge in [0.15, 0.2) is 6.61 Å². The summed E-state index contributed by atoms with van der Waals surface area (Å²) < 4.78 is 9.96. The number of amides is 1. The second kappa shape index (κ2) is 7.61. The normalized spacial score (nSPS) is 9.57. The molecule has 0 heterocycles. The van der Waals surface area contributed by atoms with Crippen molar-refractivity contribution in [2.75, 3.05) is 19.0 Å². The van der Waals surface area contributed by atoms with Crippen LogP contribution in [0.4, 0.5) is 5.69 Å². The highest BCUT2D eigenvalue weighted by Crippen LogP contribution is 2.13. The van der Waals surface area contributed by atoms with E-state index in [2.05, 4.69) is 5.32 Å². The van der Waals surface area contributed by atoms with Crippen LogP contribution in [-0.2, 0) is 9.53 Å². The van der Waals surface area contributed by atoms with Crippen molar-refractivity contribution in [2.45, 2.75) is 0 Å². The maximum atomic E-state index is 11.9. The number of carbonyl (C=O) groups is 2. The van der Waals surface area contributed by atoms with Gasteiger partial charge in [-0.05, 0) is 36.4 Å². The summed E-state index contributed by atoms with van der Waals surface area (Å²) >= 11 is 0. The van der Waals surface area contributed by atoms with Gasteiger partial charge in [-0.2, -0.15) is 5.26 Å². The van der Waals surface area contributed by atoms with Crippen LogP contribution in [0.5, 0.6) is 5.75 Å². The molecule has 0 bridgehead atoms. The van der Waals surface area contributed by atoms with Gasteiger partial charge in [-0.3, -0.25) is 4.79 Å². The Balaban J connectivity index is 1.90. The van der Waals surface area contributed by atoms with Gasteiger partial charge in [0, 0.05) is 5.69 Å². The Morgan fingerprint density at radius 2 is 1.96 bits per heavy atom. The average Bonchev–Trinajstić information content (AvgIpc) is 2.59. The third kappa shape index (κ3) is 4.58. The van der Waals surface area contributed by atoms with E-state index in [1.165, 1.54) is 19.2 Å². The highest BCUT2D eigenvalue weighted by atomic mass is 16.5. The van der Waals surface area contributed by atoms with Crippen molar-refractivity contribution in [3.8, 4) is 11.8 Å². The predicted octanol–water partition coefficient (Wildman–Crippen LogP) is 2.36. The van der Waals surface area contributed by atoms with Gasteiger partial charge in [0.25, 0.3) is 5.91 Å². The van der Waals surface area contributed by atoms with Crippen LogP contribution in [-0.4, -0.2) is 25.6 Å². The van der Waals surface area contributed by atoms with Crippen LogP contribution < -0.4 is 10.1 Å². The van der Waals surface area contributed by atoms with Crippen molar-refractivity contribution >= 4 is 17.6 Å². The van der Waals surface area contributed by atoms with E-state index >= 15 is 0 Å². The van der Waals surface area contributed by atoms with Crippen molar-refractivity contribution in [1.82, 2.24) is 0 Å². The molecule has 6 nitrogen and oxygen atoms in total. The number of rotatable bonds is 5. The minimum absolute atomic E-state index is 0.295. The Bertz CT molecular complexity index is 765. The molecule has 2 aromatic carbocycles. The first-order valence-corrected chi connectivity index (χ1v) is 6.73. The first kappa shape index (κ1) is 16.0. The van der Waals surface area contributed by atoms with E-state index in [1.807, 2.05) is 6.07 Å². The van der Waals surface area contributed by atoms with E-state index < -0.39 is 18.5 Å². The maximum Gasteiger partial charge on any atom is 0.338 e. The first-order valence-electron chi connectivity index (χ1n) is 6.73. The summed E-state index contributed by atoms with van der Waals surface area (Å²) in [7, 11) is 1.49. The largest absolute Gasteiger partial charge is 0.497 e. The lowest BCUT2D eigenvalue weighted by atomic mass is 10.2. The average molecular weight is 310 g/mol. The van der Waals surface area contributed by atoms with Gasteiger partial charge < -0.3 is 14.8 Å². The summed E-state index contributed by atoms with van der Waals surface area (Å²) in [5, 5.41) is 11.4. The number of anilines is 1. The van der Waals surface area contributed by atoms with Gasteiger partial charge in [0.05, 0.1) is 24.3 Å². The lowest BCUT2D eigenvalue weighted by Crippen LogP contribution is -2.21. The zero-order chi connectivity index (χ0) is 16.7. The van der Waals surface area contributed by atoms with Crippen molar-refractivity contribution < 1.29 is 19.1 Å². The van der Waals surface area contributed by atoms with Crippen LogP contribution in [0, 0.1) is 11.3 Å². The fourth-order valence-electron chi connectivity index (χ4n) is 1.83. The predicted molar refractivity (Wildman–Crippen MR) is 83.1 cm³/mol. The number of hydrogen-bond acceptors (Lipinski definition) is 5. The molecule has 0 aromatic heterocycles. The van der Waals surface area contributed by atoms with Gasteiger partial charge in [0.2, 0.25) is 0 Å². The Kier molecular flexibility index (Phi) is 5.31. The number of nitriles is 1. The molecule has 0 aliphatic heterocycles. The molecular weight excluding hydrogens is 296 g/mol. The number of benzene rings is 2. The van der Waals surface area contributed by atoms with Gasteiger partial charge in [-0.25, -0.2) is 4.79 Å². The summed E-state index contributed by atoms with van der Waals surface area (Å²) in [6.07, 6.45) is 0. The van der Waals surface area contributed by atoms with E-state index in [4.69, 9.17) is 14.7 Å². The van der Waals surface area contributed by atoms with Crippen LogP contribution in [0.1, 0.15) is 15.9 Å². The van der Waals surface area contributed by atoms with E-state index in [0.717, 1.165) is 0 Å². The number of nitrogens with zero attached hydrogens (tertiary/aromatic N) is 1. The van der Waals surface area contributed by atoms with E-state index in [9.17, 15) is 9.59 Å². The molecule has 0 unspecified atom stereocenters. The zero-order valence-electron chi connectivity index (χ0n) is 12.4. The topological polar surface area (TPSA) is 88.4 Å². The maximum absolute atomic E-state index is 11.9. The molecule has 116 valence electrons. The van der Waals surface area contributed by atoms with Gasteiger partial charge in [0.1, 0.15) is 5.75 Å². The van der Waals surface area contributed by atoms with Crippen LogP contribution in [0.15, 0.2) is 48.5 Å². The molecule has 0 saturated carbocycles. The van der Waals surface area contributed by atoms with Crippen molar-refractivity contribution in [3.63, 3.8) is 0 Å². The summed E-state index contributed by atoms with van der Waals surface area (Å²) in [4.78, 5) is 23.6. The highest BCUT2D eigenvalue weighted by molar-refractivity contribution is 5.95. The summed E-state index contributed by atoms with van der Waals surface area (Å²) in [5.41, 5.74) is 1.19. The zero-order valence-corrected chi connectivity index (χ0v) is 12.4. The lowest BCUT2D eigenvalue weighted by molar-refractivity contribution is -0.119. The fourth-order valence-corrected chi connectivity index (χ4v) is 1.83. The molecule has 0 aliphatic rings. The molecule has 2 aromatic rings. The number of ether oxygens (including phenoxy) is 2. The molecular formula is C17H14N2O4. The van der Waals surface area contributed by atoms with Gasteiger partial charge >= 0.3 is 5.97 Å². The van der Waals surface area contributed by atoms with Crippen LogP contribution in [0.3, 0.4) is 0 Å². The minimum Gasteiger partial charge on any atom is -0.497 e. The molecule has 23 heavy (non-hydrogen) atoms. The second-order valence-corrected chi connectivity index (χ2v) is 4.55. The minimum atomic E-state index is -0.621. The molecule has 2 rings (SSSR count). The van der Waals surface area contributed by atoms with Crippen LogP contribution >= 0.6 is 0 Å². The van der Waals surface area contributed by atoms with E-state index in [-0.39, 0.29) is 0 Å². The van der Waals surface area contributed by atoms with Gasteiger partial charge in [-0.15, -0.1) is 0 Å². The van der Waals surface area contributed by atoms with Crippen LogP contribution in [0.2, 0.25) is 0 Å². The third-order valence-electron chi connectivity index (χ3n) is 2.92. The molecule has 0 aliphatic carbocycles. The fraction of sp³-hybridized carbons (Fsp3) is 0.118. The van der Waals surface area contributed by atoms with Crippen molar-refractivity contribution in [1.29, 1.82) is 5.26 Å². The molecule has 1 amide bonds. The van der Waals surface area contributed by atoms with Crippen molar-refractivity contribution in [3.05, 3.63) is 59.7 Å². The number of esters is 1. The number of methoxy groups -OCH3 is 1. The lowest BCUT2D eigenvalue weighted by Gasteiger charge is -2.07. The monoisotopic (exact) mass is 310 g/mol. The number of nitrogens with one attached hydrogen (secondary N) is 1. The number of hydrogen-bond donors (Lipinski definition) is 1. The molecule has 0 atom stereocenters. The quantitative estimate of drug-likeness (QED) is 0.856. The summed E-state index contributed by atoms with van der Waals surface area (Å²) in [6, 6.07) is 14.9. The van der Waals surface area contributed by atoms with E-state index in [1.54, 1.807) is 36.4 Å². The molecule has 0 radical (unpaired) electrons. The Labute approximate surface area is 133 Å². The van der Waals surface area contributed by atoms with E-state index in [0.29, 0.717) is 22.6 Å². The second-order valence-electron chi connectivity index (χ2n) is 4.55. The molecule has 0 spiro atoms. The van der Waals surface area contributed by atoms with Crippen LogP contribution in [0.25, 0.3) is 0 Å². The molecule has 0 saturated heterocycles. The smallest absolute Gasteiger partial charge is 0.338 e. The Morgan fingerprint density at radius 1 is 1.17 bits per heavy atom. The molecule has 6 heteroatoms. The van der Waals surface area contributed by atoms with Gasteiger partial charge in [-0.1, -0.05) is 12.1 Å². The number of carbonyl (C=O) groups excluding carboxylic acids is 2. The molecule has 1 N–H and O–H groups in total. The summed E-state index contributed by atoms with van der Waals surface area (Å²) in [6.45, 7) is -0.424. The SMILES string of the molecule is COc1cccc(C(=O)OCC(=O)Nc2cccc(C#N)c2)c1. The Hall–Kier alpha value is -3.33.